The van der Waals surface area contributed by atoms with Gasteiger partial charge in [0, 0.05) is 27.6 Å². The molecule has 8 aromatic carbocycles. The molecule has 51 heavy (non-hydrogen) atoms. The highest BCUT2D eigenvalue weighted by atomic mass is 15.0. The molecule has 4 nitrogen and oxygen atoms in total. The van der Waals surface area contributed by atoms with Crippen LogP contribution in [0.25, 0.3) is 82.4 Å². The summed E-state index contributed by atoms with van der Waals surface area (Å²) in [4.78, 5) is 0. The van der Waals surface area contributed by atoms with Crippen LogP contribution in [0.2, 0.25) is 0 Å². The third kappa shape index (κ3) is 4.58. The number of rotatable bonds is 4. The van der Waals surface area contributed by atoms with Gasteiger partial charge < -0.3 is 4.57 Å². The van der Waals surface area contributed by atoms with Crippen molar-refractivity contribution in [2.24, 2.45) is 0 Å². The second-order valence-corrected chi connectivity index (χ2v) is 12.6. The summed E-state index contributed by atoms with van der Waals surface area (Å²) < 4.78 is 2.19. The van der Waals surface area contributed by atoms with Crippen molar-refractivity contribution in [2.75, 3.05) is 0 Å². The number of nitriles is 3. The van der Waals surface area contributed by atoms with Crippen LogP contribution in [0.15, 0.2) is 158 Å². The third-order valence-corrected chi connectivity index (χ3v) is 9.93. The Morgan fingerprint density at radius 1 is 0.373 bits per heavy atom. The first-order valence-electron chi connectivity index (χ1n) is 16.7. The molecule has 0 N–H and O–H groups in total. The first-order chi connectivity index (χ1) is 25.2. The Labute approximate surface area is 294 Å². The quantitative estimate of drug-likeness (QED) is 0.179. The Kier molecular flexibility index (Phi) is 6.93. The molecule has 1 heterocycles. The van der Waals surface area contributed by atoms with Gasteiger partial charge in [-0.3, -0.25) is 0 Å². The maximum absolute atomic E-state index is 10.7. The van der Waals surface area contributed by atoms with Crippen LogP contribution in [0.1, 0.15) is 16.7 Å². The smallest absolute Gasteiger partial charge is 0.101 e. The van der Waals surface area contributed by atoms with E-state index < -0.39 is 0 Å². The van der Waals surface area contributed by atoms with Gasteiger partial charge in [0.15, 0.2) is 0 Å². The summed E-state index contributed by atoms with van der Waals surface area (Å²) in [5, 5.41) is 37.2. The fourth-order valence-electron chi connectivity index (χ4n) is 7.73. The van der Waals surface area contributed by atoms with Crippen molar-refractivity contribution in [3.8, 4) is 57.3 Å². The molecule has 4 heteroatoms. The van der Waals surface area contributed by atoms with Crippen LogP contribution in [-0.2, 0) is 0 Å². The zero-order valence-corrected chi connectivity index (χ0v) is 27.3. The Hall–Kier alpha value is -7.45. The molecule has 0 fully saturated rings. The van der Waals surface area contributed by atoms with E-state index in [1.54, 1.807) is 0 Å². The lowest BCUT2D eigenvalue weighted by molar-refractivity contribution is 1.18. The summed E-state index contributed by atoms with van der Waals surface area (Å²) >= 11 is 0. The van der Waals surface area contributed by atoms with Gasteiger partial charge >= 0.3 is 0 Å². The average molecular weight is 647 g/mol. The molecule has 0 atom stereocenters. The average Bonchev–Trinajstić information content (AvgIpc) is 3.53. The van der Waals surface area contributed by atoms with Crippen molar-refractivity contribution in [2.45, 2.75) is 0 Å². The van der Waals surface area contributed by atoms with Crippen LogP contribution >= 0.6 is 0 Å². The van der Waals surface area contributed by atoms with Gasteiger partial charge in [0.05, 0.1) is 33.8 Å². The van der Waals surface area contributed by atoms with E-state index in [1.807, 2.05) is 84.9 Å². The molecule has 0 bridgehead atoms. The van der Waals surface area contributed by atoms with E-state index in [1.165, 1.54) is 0 Å². The SMILES string of the molecule is N#Cc1ccc2c(c1)c1ccccc1n2-c1ccc(-c2ccc(-c3c4ccccc4c(-c4ccccc4)c4ccccc34)c(C#N)c2C#N)cc1. The van der Waals surface area contributed by atoms with Crippen molar-refractivity contribution >= 4 is 43.4 Å². The summed E-state index contributed by atoms with van der Waals surface area (Å²) in [6, 6.07) is 60.2. The standard InChI is InChI=1S/C47H26N4/c48-27-30-18-25-45-41(26-30)35-12-8-9-17-44(35)51(45)33-21-19-31(20-22-33)34-23-24-40(43(29-50)42(34)28-49)47-38-15-6-4-13-36(38)46(32-10-2-1-3-11-32)37-14-5-7-16-39(37)47/h1-26H. The van der Waals surface area contributed by atoms with Crippen molar-refractivity contribution in [3.05, 3.63) is 174 Å². The maximum atomic E-state index is 10.7. The van der Waals surface area contributed by atoms with E-state index in [4.69, 9.17) is 0 Å². The van der Waals surface area contributed by atoms with Crippen LogP contribution < -0.4 is 0 Å². The van der Waals surface area contributed by atoms with E-state index in [2.05, 4.69) is 95.6 Å². The van der Waals surface area contributed by atoms with E-state index in [-0.39, 0.29) is 0 Å². The Morgan fingerprint density at radius 3 is 1.53 bits per heavy atom. The van der Waals surface area contributed by atoms with Gasteiger partial charge in [0.1, 0.15) is 12.1 Å². The Bertz CT molecular complexity index is 2930. The normalized spacial score (nSPS) is 11.1. The van der Waals surface area contributed by atoms with Crippen LogP contribution in [0.4, 0.5) is 0 Å². The van der Waals surface area contributed by atoms with E-state index in [9.17, 15) is 15.8 Å². The largest absolute Gasteiger partial charge is 0.309 e. The highest BCUT2D eigenvalue weighted by molar-refractivity contribution is 6.22. The summed E-state index contributed by atoms with van der Waals surface area (Å²) in [7, 11) is 0. The van der Waals surface area contributed by atoms with Gasteiger partial charge in [-0.25, -0.2) is 0 Å². The fraction of sp³-hybridized carbons (Fsp3) is 0. The van der Waals surface area contributed by atoms with Crippen molar-refractivity contribution < 1.29 is 0 Å². The monoisotopic (exact) mass is 646 g/mol. The number of hydrogen-bond acceptors (Lipinski definition) is 3. The zero-order chi connectivity index (χ0) is 34.5. The lowest BCUT2D eigenvalue weighted by Crippen LogP contribution is -1.97. The molecule has 0 radical (unpaired) electrons. The summed E-state index contributed by atoms with van der Waals surface area (Å²) in [6.07, 6.45) is 0. The van der Waals surface area contributed by atoms with Gasteiger partial charge in [-0.1, -0.05) is 121 Å². The van der Waals surface area contributed by atoms with Crippen molar-refractivity contribution in [3.63, 3.8) is 0 Å². The number of hydrogen-bond donors (Lipinski definition) is 0. The molecule has 9 aromatic rings. The van der Waals surface area contributed by atoms with Crippen LogP contribution in [0, 0.1) is 34.0 Å². The molecule has 0 unspecified atom stereocenters. The predicted molar refractivity (Wildman–Crippen MR) is 206 cm³/mol. The minimum atomic E-state index is 0.351. The molecule has 1 aromatic heterocycles. The van der Waals surface area contributed by atoms with Crippen molar-refractivity contribution in [1.82, 2.24) is 4.57 Å². The number of fused-ring (bicyclic) bond motifs is 5. The predicted octanol–water partition coefficient (Wildman–Crippen LogP) is 11.7. The lowest BCUT2D eigenvalue weighted by Gasteiger charge is -2.19. The first kappa shape index (κ1) is 29.7. The highest BCUT2D eigenvalue weighted by Gasteiger charge is 2.22. The molecule has 234 valence electrons. The Balaban J connectivity index is 1.22. The second kappa shape index (κ2) is 11.9. The molecule has 0 aliphatic heterocycles. The fourth-order valence-corrected chi connectivity index (χ4v) is 7.73. The number of benzene rings is 8. The molecule has 0 aliphatic rings. The van der Waals surface area contributed by atoms with Crippen LogP contribution in [0.5, 0.6) is 0 Å². The topological polar surface area (TPSA) is 76.3 Å². The van der Waals surface area contributed by atoms with Gasteiger partial charge in [-0.15, -0.1) is 0 Å². The molecule has 0 saturated heterocycles. The number of para-hydroxylation sites is 1. The highest BCUT2D eigenvalue weighted by Crippen LogP contribution is 2.45. The second-order valence-electron chi connectivity index (χ2n) is 12.6. The van der Waals surface area contributed by atoms with Crippen molar-refractivity contribution in [1.29, 1.82) is 15.8 Å². The molecule has 0 spiro atoms. The summed E-state index contributed by atoms with van der Waals surface area (Å²) in [5.41, 5.74) is 9.86. The number of aromatic nitrogens is 1. The van der Waals surface area contributed by atoms with Crippen LogP contribution in [-0.4, -0.2) is 4.57 Å². The summed E-state index contributed by atoms with van der Waals surface area (Å²) in [6.45, 7) is 0. The molecule has 0 amide bonds. The minimum absolute atomic E-state index is 0.351. The van der Waals surface area contributed by atoms with E-state index in [0.29, 0.717) is 22.3 Å². The maximum Gasteiger partial charge on any atom is 0.101 e. The molecule has 0 aliphatic carbocycles. The van der Waals surface area contributed by atoms with Gasteiger partial charge in [-0.2, -0.15) is 15.8 Å². The lowest BCUT2D eigenvalue weighted by atomic mass is 9.83. The third-order valence-electron chi connectivity index (χ3n) is 9.93. The van der Waals surface area contributed by atoms with Gasteiger partial charge in [0.2, 0.25) is 0 Å². The van der Waals surface area contributed by atoms with E-state index in [0.717, 1.165) is 76.9 Å². The molecule has 0 saturated carbocycles. The zero-order valence-electron chi connectivity index (χ0n) is 27.3. The van der Waals surface area contributed by atoms with Gasteiger partial charge in [0.25, 0.3) is 0 Å². The van der Waals surface area contributed by atoms with Gasteiger partial charge in [-0.05, 0) is 80.2 Å². The molecular formula is C47H26N4. The molecule has 9 rings (SSSR count). The Morgan fingerprint density at radius 2 is 0.902 bits per heavy atom. The first-order valence-corrected chi connectivity index (χ1v) is 16.7. The van der Waals surface area contributed by atoms with Crippen LogP contribution in [0.3, 0.4) is 0 Å². The summed E-state index contributed by atoms with van der Waals surface area (Å²) in [5.74, 6) is 0. The number of nitrogens with zero attached hydrogens (tertiary/aromatic N) is 4. The molecular weight excluding hydrogens is 621 g/mol. The minimum Gasteiger partial charge on any atom is -0.309 e. The van der Waals surface area contributed by atoms with E-state index >= 15 is 0 Å².